The number of carbonyl (C=O) groups is 2. The van der Waals surface area contributed by atoms with E-state index in [-0.39, 0.29) is 11.3 Å². The number of hydrogen-bond donors (Lipinski definition) is 1. The topological polar surface area (TPSA) is 85.5 Å². The van der Waals surface area contributed by atoms with Crippen LogP contribution in [0, 0.1) is 6.92 Å². The summed E-state index contributed by atoms with van der Waals surface area (Å²) in [7, 11) is 1.19. The van der Waals surface area contributed by atoms with Crippen molar-refractivity contribution >= 4 is 11.9 Å². The summed E-state index contributed by atoms with van der Waals surface area (Å²) in [5.41, 5.74) is -0.917. The van der Waals surface area contributed by atoms with Crippen molar-refractivity contribution in [1.29, 1.82) is 0 Å². The summed E-state index contributed by atoms with van der Waals surface area (Å²) in [5.74, 6) is -1.36. The third-order valence-corrected chi connectivity index (χ3v) is 2.31. The van der Waals surface area contributed by atoms with Crippen LogP contribution in [0.25, 0.3) is 0 Å². The van der Waals surface area contributed by atoms with Crippen LogP contribution in [0.1, 0.15) is 47.2 Å². The molecule has 0 saturated carbocycles. The van der Waals surface area contributed by atoms with Crippen molar-refractivity contribution in [2.24, 2.45) is 0 Å². The van der Waals surface area contributed by atoms with Gasteiger partial charge in [-0.15, -0.1) is 0 Å². The third-order valence-electron chi connectivity index (χ3n) is 2.31. The van der Waals surface area contributed by atoms with E-state index in [9.17, 15) is 14.4 Å². The van der Waals surface area contributed by atoms with E-state index in [2.05, 4.69) is 9.72 Å². The van der Waals surface area contributed by atoms with Gasteiger partial charge >= 0.3 is 11.9 Å². The Morgan fingerprint density at radius 2 is 1.79 bits per heavy atom. The molecule has 0 fully saturated rings. The second-order valence-electron chi connectivity index (χ2n) is 5.04. The van der Waals surface area contributed by atoms with Crippen LogP contribution >= 0.6 is 0 Å². The zero-order valence-electron chi connectivity index (χ0n) is 11.6. The quantitative estimate of drug-likeness (QED) is 0.819. The molecule has 0 spiro atoms. The van der Waals surface area contributed by atoms with Gasteiger partial charge in [0.05, 0.1) is 12.7 Å². The Bertz CT molecular complexity index is 565. The minimum absolute atomic E-state index is 0.0455. The number of H-pyrrole nitrogens is 1. The maximum atomic E-state index is 12.0. The maximum Gasteiger partial charge on any atom is 0.354 e. The zero-order valence-corrected chi connectivity index (χ0v) is 11.6. The molecule has 0 aromatic carbocycles. The van der Waals surface area contributed by atoms with Crippen LogP contribution in [0.15, 0.2) is 10.9 Å². The van der Waals surface area contributed by atoms with Crippen molar-refractivity contribution in [1.82, 2.24) is 4.98 Å². The van der Waals surface area contributed by atoms with Crippen LogP contribution in [-0.2, 0) is 9.47 Å². The SMILES string of the molecule is COC(=O)c1[nH]c(=O)cc(C(=O)OC(C)(C)C)c1C. The van der Waals surface area contributed by atoms with Gasteiger partial charge in [-0.2, -0.15) is 0 Å². The van der Waals surface area contributed by atoms with Crippen molar-refractivity contribution in [3.05, 3.63) is 33.2 Å². The molecule has 0 aliphatic carbocycles. The summed E-state index contributed by atoms with van der Waals surface area (Å²) in [6, 6.07) is 1.11. The van der Waals surface area contributed by atoms with Crippen molar-refractivity contribution < 1.29 is 19.1 Å². The number of nitrogens with one attached hydrogen (secondary N) is 1. The highest BCUT2D eigenvalue weighted by Gasteiger charge is 2.23. The van der Waals surface area contributed by atoms with Gasteiger partial charge in [0.2, 0.25) is 5.56 Å². The molecule has 0 saturated heterocycles. The number of methoxy groups -OCH3 is 1. The Labute approximate surface area is 110 Å². The first-order valence-electron chi connectivity index (χ1n) is 5.71. The summed E-state index contributed by atoms with van der Waals surface area (Å²) in [6.45, 7) is 6.69. The molecule has 0 aliphatic heterocycles. The number of aromatic amines is 1. The Balaban J connectivity index is 3.30. The summed E-state index contributed by atoms with van der Waals surface area (Å²) < 4.78 is 9.73. The first-order chi connectivity index (χ1) is 8.65. The molecular weight excluding hydrogens is 250 g/mol. The Hall–Kier alpha value is -2.11. The molecule has 1 aromatic heterocycles. The van der Waals surface area contributed by atoms with Gasteiger partial charge in [-0.1, -0.05) is 0 Å². The molecule has 1 aromatic rings. The summed E-state index contributed by atoms with van der Waals surface area (Å²) >= 11 is 0. The summed E-state index contributed by atoms with van der Waals surface area (Å²) in [5, 5.41) is 0. The monoisotopic (exact) mass is 267 g/mol. The average Bonchev–Trinajstić information content (AvgIpc) is 2.28. The molecule has 1 heterocycles. The number of carbonyl (C=O) groups excluding carboxylic acids is 2. The molecule has 0 unspecified atom stereocenters. The highest BCUT2D eigenvalue weighted by Crippen LogP contribution is 2.16. The number of aromatic nitrogens is 1. The van der Waals surface area contributed by atoms with E-state index in [1.54, 1.807) is 27.7 Å². The molecule has 6 nitrogen and oxygen atoms in total. The number of pyridine rings is 1. The Morgan fingerprint density at radius 1 is 1.21 bits per heavy atom. The Kier molecular flexibility index (Phi) is 4.14. The lowest BCUT2D eigenvalue weighted by molar-refractivity contribution is 0.00684. The highest BCUT2D eigenvalue weighted by atomic mass is 16.6. The van der Waals surface area contributed by atoms with E-state index in [0.717, 1.165) is 6.07 Å². The van der Waals surface area contributed by atoms with Gasteiger partial charge in [0.25, 0.3) is 0 Å². The lowest BCUT2D eigenvalue weighted by Gasteiger charge is -2.20. The van der Waals surface area contributed by atoms with E-state index >= 15 is 0 Å². The van der Waals surface area contributed by atoms with Gasteiger partial charge in [-0.3, -0.25) is 4.79 Å². The van der Waals surface area contributed by atoms with Crippen LogP contribution in [-0.4, -0.2) is 29.6 Å². The van der Waals surface area contributed by atoms with Gasteiger partial charge in [-0.25, -0.2) is 9.59 Å². The van der Waals surface area contributed by atoms with E-state index in [1.165, 1.54) is 7.11 Å². The fraction of sp³-hybridized carbons (Fsp3) is 0.462. The molecule has 0 radical (unpaired) electrons. The van der Waals surface area contributed by atoms with Crippen LogP contribution in [0.2, 0.25) is 0 Å². The Morgan fingerprint density at radius 3 is 2.26 bits per heavy atom. The van der Waals surface area contributed by atoms with Crippen molar-refractivity contribution in [3.63, 3.8) is 0 Å². The van der Waals surface area contributed by atoms with Crippen molar-refractivity contribution in [3.8, 4) is 0 Å². The van der Waals surface area contributed by atoms with Gasteiger partial charge in [0.1, 0.15) is 11.3 Å². The van der Waals surface area contributed by atoms with Crippen molar-refractivity contribution in [2.45, 2.75) is 33.3 Å². The van der Waals surface area contributed by atoms with E-state index in [4.69, 9.17) is 4.74 Å². The fourth-order valence-corrected chi connectivity index (χ4v) is 1.48. The standard InChI is InChI=1S/C13H17NO5/c1-7-8(11(16)19-13(2,3)4)6-9(15)14-10(7)12(17)18-5/h6H,1-5H3,(H,14,15). The number of esters is 2. The van der Waals surface area contributed by atoms with Gasteiger partial charge in [0.15, 0.2) is 0 Å². The van der Waals surface area contributed by atoms with Crippen LogP contribution < -0.4 is 5.56 Å². The molecule has 0 bridgehead atoms. The minimum atomic E-state index is -0.708. The average molecular weight is 267 g/mol. The lowest BCUT2D eigenvalue weighted by Crippen LogP contribution is -2.27. The first-order valence-corrected chi connectivity index (χ1v) is 5.71. The van der Waals surface area contributed by atoms with E-state index in [1.807, 2.05) is 0 Å². The maximum absolute atomic E-state index is 12.0. The first kappa shape index (κ1) is 14.9. The zero-order chi connectivity index (χ0) is 14.8. The normalized spacial score (nSPS) is 11.0. The molecule has 1 N–H and O–H groups in total. The van der Waals surface area contributed by atoms with Gasteiger partial charge < -0.3 is 14.5 Å². The minimum Gasteiger partial charge on any atom is -0.464 e. The highest BCUT2D eigenvalue weighted by molar-refractivity contribution is 5.96. The number of rotatable bonds is 2. The van der Waals surface area contributed by atoms with Crippen molar-refractivity contribution in [2.75, 3.05) is 7.11 Å². The predicted octanol–water partition coefficient (Wildman–Crippen LogP) is 1.43. The summed E-state index contributed by atoms with van der Waals surface area (Å²) in [6.07, 6.45) is 0. The van der Waals surface area contributed by atoms with Crippen LogP contribution in [0.5, 0.6) is 0 Å². The second-order valence-corrected chi connectivity index (χ2v) is 5.04. The smallest absolute Gasteiger partial charge is 0.354 e. The van der Waals surface area contributed by atoms with E-state index < -0.39 is 23.1 Å². The molecule has 1 rings (SSSR count). The molecule has 19 heavy (non-hydrogen) atoms. The number of ether oxygens (including phenoxy) is 2. The summed E-state index contributed by atoms with van der Waals surface area (Å²) in [4.78, 5) is 37.3. The molecular formula is C13H17NO5. The molecule has 0 amide bonds. The molecule has 0 aliphatic rings. The largest absolute Gasteiger partial charge is 0.464 e. The number of hydrogen-bond acceptors (Lipinski definition) is 5. The molecule has 104 valence electrons. The van der Waals surface area contributed by atoms with Gasteiger partial charge in [-0.05, 0) is 33.3 Å². The van der Waals surface area contributed by atoms with Gasteiger partial charge in [0, 0.05) is 6.07 Å². The molecule has 0 atom stereocenters. The fourth-order valence-electron chi connectivity index (χ4n) is 1.48. The van der Waals surface area contributed by atoms with Crippen LogP contribution in [0.3, 0.4) is 0 Å². The lowest BCUT2D eigenvalue weighted by atomic mass is 10.1. The third kappa shape index (κ3) is 3.67. The second kappa shape index (κ2) is 5.26. The predicted molar refractivity (Wildman–Crippen MR) is 68.3 cm³/mol. The molecule has 6 heteroatoms. The van der Waals surface area contributed by atoms with E-state index in [0.29, 0.717) is 5.56 Å². The van der Waals surface area contributed by atoms with Crippen LogP contribution in [0.4, 0.5) is 0 Å².